The highest BCUT2D eigenvalue weighted by atomic mass is 16.3. The molecule has 10 aromatic carbocycles. The summed E-state index contributed by atoms with van der Waals surface area (Å²) in [6.45, 7) is 4.75. The van der Waals surface area contributed by atoms with E-state index in [9.17, 15) is 0 Å². The Kier molecular flexibility index (Phi) is 6.54. The molecule has 2 heterocycles. The van der Waals surface area contributed by atoms with Gasteiger partial charge in [0, 0.05) is 27.0 Å². The van der Waals surface area contributed by atoms with Gasteiger partial charge in [-0.2, -0.15) is 0 Å². The van der Waals surface area contributed by atoms with Crippen molar-refractivity contribution in [1.82, 2.24) is 0 Å². The first-order valence-corrected chi connectivity index (χ1v) is 20.5. The highest BCUT2D eigenvalue weighted by Gasteiger charge is 2.36. The molecule has 0 saturated carbocycles. The van der Waals surface area contributed by atoms with Gasteiger partial charge >= 0.3 is 0 Å². The van der Waals surface area contributed by atoms with Gasteiger partial charge in [-0.1, -0.05) is 153 Å². The maximum absolute atomic E-state index is 6.55. The van der Waals surface area contributed by atoms with Crippen LogP contribution < -0.4 is 0 Å². The van der Waals surface area contributed by atoms with Crippen LogP contribution in [0.3, 0.4) is 0 Å². The van der Waals surface area contributed by atoms with E-state index in [1.807, 2.05) is 24.3 Å². The van der Waals surface area contributed by atoms with E-state index in [0.29, 0.717) is 0 Å². The zero-order chi connectivity index (χ0) is 39.0. The van der Waals surface area contributed by atoms with Gasteiger partial charge < -0.3 is 8.83 Å². The van der Waals surface area contributed by atoms with E-state index < -0.39 is 0 Å². The average Bonchev–Trinajstić information content (AvgIpc) is 3.92. The molecule has 276 valence electrons. The van der Waals surface area contributed by atoms with Gasteiger partial charge in [0.1, 0.15) is 22.3 Å². The summed E-state index contributed by atoms with van der Waals surface area (Å²) in [5.74, 6) is 0. The molecule has 0 atom stereocenters. The smallest absolute Gasteiger partial charge is 0.136 e. The number of fused-ring (bicyclic) bond motifs is 13. The quantitative estimate of drug-likeness (QED) is 0.168. The third-order valence-corrected chi connectivity index (χ3v) is 13.3. The molecule has 59 heavy (non-hydrogen) atoms. The van der Waals surface area contributed by atoms with Crippen LogP contribution in [0.4, 0.5) is 0 Å². The van der Waals surface area contributed by atoms with Crippen molar-refractivity contribution < 1.29 is 8.83 Å². The van der Waals surface area contributed by atoms with Crippen LogP contribution in [0.1, 0.15) is 25.0 Å². The summed E-state index contributed by atoms with van der Waals surface area (Å²) < 4.78 is 12.8. The fourth-order valence-corrected chi connectivity index (χ4v) is 10.5. The molecule has 0 saturated heterocycles. The summed E-state index contributed by atoms with van der Waals surface area (Å²) in [6.07, 6.45) is 0. The SMILES string of the molecule is CC1(C)c2ccc(-c3ccc4c(c3)oc3ccc5oc6ccccc6c5c34)cc2-c2ccc(-c3c4ccccc4c(-c4cccc5ccccc45)c4ccccc34)cc21. The predicted molar refractivity (Wildman–Crippen MR) is 247 cm³/mol. The summed E-state index contributed by atoms with van der Waals surface area (Å²) in [6, 6.07) is 66.6. The molecule has 0 bridgehead atoms. The molecule has 1 aliphatic carbocycles. The van der Waals surface area contributed by atoms with Crippen LogP contribution in [0, 0.1) is 0 Å². The normalized spacial score (nSPS) is 13.4. The first-order valence-electron chi connectivity index (χ1n) is 20.5. The molecule has 0 fully saturated rings. The van der Waals surface area contributed by atoms with Crippen molar-refractivity contribution in [2.45, 2.75) is 19.3 Å². The third kappa shape index (κ3) is 4.52. The van der Waals surface area contributed by atoms with Crippen molar-refractivity contribution >= 4 is 76.2 Å². The van der Waals surface area contributed by atoms with Crippen LogP contribution in [-0.4, -0.2) is 0 Å². The van der Waals surface area contributed by atoms with Gasteiger partial charge in [-0.25, -0.2) is 0 Å². The summed E-state index contributed by atoms with van der Waals surface area (Å²) >= 11 is 0. The standard InChI is InChI=1S/C57H36O2/c1-57(2)47-27-24-34(35-22-26-45-52(32-35)59-51-29-28-50-55(56(45)51)44-19-9-10-21-49(44)58-50)30-46(47)38-25-23-36(31-48(38)57)53-40-15-5-7-17-42(40)54(43-18-8-6-16-41(43)53)39-20-11-13-33-12-3-4-14-37(33)39/h3-32H,1-2H3. The monoisotopic (exact) mass is 752 g/mol. The van der Waals surface area contributed by atoms with E-state index in [1.54, 1.807) is 0 Å². The van der Waals surface area contributed by atoms with Gasteiger partial charge in [-0.3, -0.25) is 0 Å². The number of furan rings is 2. The molecule has 0 unspecified atom stereocenters. The van der Waals surface area contributed by atoms with Gasteiger partial charge in [0.05, 0.1) is 0 Å². The Labute approximate surface area is 340 Å². The second kappa shape index (κ2) is 11.8. The van der Waals surface area contributed by atoms with Crippen LogP contribution in [0.25, 0.3) is 121 Å². The van der Waals surface area contributed by atoms with Crippen molar-refractivity contribution in [1.29, 1.82) is 0 Å². The average molecular weight is 753 g/mol. The van der Waals surface area contributed by atoms with Gasteiger partial charge in [0.25, 0.3) is 0 Å². The molecule has 1 aliphatic rings. The van der Waals surface area contributed by atoms with Crippen molar-refractivity contribution in [2.75, 3.05) is 0 Å². The maximum Gasteiger partial charge on any atom is 0.136 e. The van der Waals surface area contributed by atoms with Gasteiger partial charge in [-0.15, -0.1) is 0 Å². The Morgan fingerprint density at radius 1 is 0.322 bits per heavy atom. The fraction of sp³-hybridized carbons (Fsp3) is 0.0526. The lowest BCUT2D eigenvalue weighted by Gasteiger charge is -2.23. The van der Waals surface area contributed by atoms with E-state index >= 15 is 0 Å². The minimum Gasteiger partial charge on any atom is -0.456 e. The minimum absolute atomic E-state index is 0.171. The fourth-order valence-electron chi connectivity index (χ4n) is 10.5. The number of benzene rings is 10. The molecule has 13 rings (SSSR count). The Morgan fingerprint density at radius 2 is 0.881 bits per heavy atom. The molecule has 2 heteroatoms. The van der Waals surface area contributed by atoms with Crippen LogP contribution in [0.2, 0.25) is 0 Å². The van der Waals surface area contributed by atoms with E-state index in [-0.39, 0.29) is 5.41 Å². The van der Waals surface area contributed by atoms with Crippen molar-refractivity contribution in [2.24, 2.45) is 0 Å². The lowest BCUT2D eigenvalue weighted by molar-refractivity contribution is 0.660. The highest BCUT2D eigenvalue weighted by Crippen LogP contribution is 2.53. The lowest BCUT2D eigenvalue weighted by atomic mass is 9.80. The second-order valence-electron chi connectivity index (χ2n) is 16.7. The lowest BCUT2D eigenvalue weighted by Crippen LogP contribution is -2.15. The van der Waals surface area contributed by atoms with Crippen LogP contribution in [-0.2, 0) is 5.41 Å². The zero-order valence-corrected chi connectivity index (χ0v) is 32.6. The molecule has 2 aromatic heterocycles. The van der Waals surface area contributed by atoms with E-state index in [2.05, 4.69) is 172 Å². The Bertz CT molecular complexity index is 3700. The third-order valence-electron chi connectivity index (χ3n) is 13.3. The Hall–Kier alpha value is -7.42. The molecular weight excluding hydrogens is 717 g/mol. The van der Waals surface area contributed by atoms with Gasteiger partial charge in [0.2, 0.25) is 0 Å². The Morgan fingerprint density at radius 3 is 1.63 bits per heavy atom. The number of para-hydroxylation sites is 1. The highest BCUT2D eigenvalue weighted by molar-refractivity contribution is 6.26. The van der Waals surface area contributed by atoms with Crippen LogP contribution in [0.15, 0.2) is 191 Å². The molecule has 2 nitrogen and oxygen atoms in total. The molecule has 0 amide bonds. The van der Waals surface area contributed by atoms with E-state index in [0.717, 1.165) is 49.4 Å². The number of hydrogen-bond donors (Lipinski definition) is 0. The largest absolute Gasteiger partial charge is 0.456 e. The summed E-state index contributed by atoms with van der Waals surface area (Å²) in [5.41, 5.74) is 16.1. The predicted octanol–water partition coefficient (Wildman–Crippen LogP) is 16.3. The first-order chi connectivity index (χ1) is 29.0. The van der Waals surface area contributed by atoms with E-state index in [4.69, 9.17) is 8.83 Å². The summed E-state index contributed by atoms with van der Waals surface area (Å²) in [4.78, 5) is 0. The number of hydrogen-bond acceptors (Lipinski definition) is 2. The van der Waals surface area contributed by atoms with Gasteiger partial charge in [-0.05, 0) is 130 Å². The summed E-state index contributed by atoms with van der Waals surface area (Å²) in [7, 11) is 0. The molecule has 0 aliphatic heterocycles. The molecule has 12 aromatic rings. The van der Waals surface area contributed by atoms with Crippen molar-refractivity contribution in [3.63, 3.8) is 0 Å². The molecule has 0 N–H and O–H groups in total. The maximum atomic E-state index is 6.55. The topological polar surface area (TPSA) is 26.3 Å². The number of rotatable bonds is 3. The first kappa shape index (κ1) is 32.6. The molecular formula is C57H36O2. The molecule has 0 spiro atoms. The van der Waals surface area contributed by atoms with Crippen LogP contribution >= 0.6 is 0 Å². The zero-order valence-electron chi connectivity index (χ0n) is 32.6. The second-order valence-corrected chi connectivity index (χ2v) is 16.7. The minimum atomic E-state index is -0.171. The summed E-state index contributed by atoms with van der Waals surface area (Å²) in [5, 5.41) is 12.1. The van der Waals surface area contributed by atoms with Crippen molar-refractivity contribution in [3.8, 4) is 44.5 Å². The van der Waals surface area contributed by atoms with Crippen LogP contribution in [0.5, 0.6) is 0 Å². The van der Waals surface area contributed by atoms with Gasteiger partial charge in [0.15, 0.2) is 0 Å². The van der Waals surface area contributed by atoms with E-state index in [1.165, 1.54) is 82.4 Å². The van der Waals surface area contributed by atoms with Crippen molar-refractivity contribution in [3.05, 3.63) is 193 Å². The Balaban J connectivity index is 0.957. The molecule has 0 radical (unpaired) electrons.